The van der Waals surface area contributed by atoms with Gasteiger partial charge in [-0.15, -0.1) is 23.2 Å². The molecule has 43 heavy (non-hydrogen) atoms. The van der Waals surface area contributed by atoms with Gasteiger partial charge in [-0.2, -0.15) is 26.3 Å². The first-order chi connectivity index (χ1) is 19.8. The van der Waals surface area contributed by atoms with E-state index in [0.717, 1.165) is 6.07 Å². The zero-order valence-electron chi connectivity index (χ0n) is 21.8. The lowest BCUT2D eigenvalue weighted by atomic mass is 9.94. The first-order valence-electron chi connectivity index (χ1n) is 12.4. The van der Waals surface area contributed by atoms with Crippen molar-refractivity contribution in [1.82, 2.24) is 0 Å². The molecule has 1 N–H and O–H groups in total. The van der Waals surface area contributed by atoms with Crippen molar-refractivity contribution in [2.75, 3.05) is 5.32 Å². The van der Waals surface area contributed by atoms with E-state index in [0.29, 0.717) is 23.3 Å². The van der Waals surface area contributed by atoms with Gasteiger partial charge in [-0.3, -0.25) is 14.4 Å². The molecule has 0 spiro atoms. The fourth-order valence-corrected chi connectivity index (χ4v) is 5.77. The predicted octanol–water partition coefficient (Wildman–Crippen LogP) is 8.43. The Labute approximate surface area is 255 Å². The molecule has 0 aromatic heterocycles. The predicted molar refractivity (Wildman–Crippen MR) is 146 cm³/mol. The SMILES string of the molecule is Cc1c(CC(=O)c2cc(NC(=O)[C@H]3[C@H](c4ccc(F)c(C(F)(F)F)c4)C3(Cl)Cl)ccc2Cl)cccc1CC(=O)C(F)(F)F. The molecule has 3 aromatic carbocycles. The van der Waals surface area contributed by atoms with Crippen molar-refractivity contribution >= 4 is 58.0 Å². The molecule has 228 valence electrons. The van der Waals surface area contributed by atoms with E-state index in [1.807, 2.05) is 0 Å². The normalized spacial score (nSPS) is 17.8. The number of rotatable bonds is 8. The second-order valence-corrected chi connectivity index (χ2v) is 11.8. The van der Waals surface area contributed by atoms with E-state index in [1.54, 1.807) is 0 Å². The van der Waals surface area contributed by atoms with Crippen LogP contribution in [0.4, 0.5) is 36.4 Å². The van der Waals surface area contributed by atoms with E-state index in [1.165, 1.54) is 43.3 Å². The third-order valence-corrected chi connectivity index (χ3v) is 8.37. The highest BCUT2D eigenvalue weighted by molar-refractivity contribution is 6.53. The van der Waals surface area contributed by atoms with Gasteiger partial charge in [0.05, 0.1) is 16.5 Å². The number of carbonyl (C=O) groups excluding carboxylic acids is 3. The van der Waals surface area contributed by atoms with Crippen LogP contribution >= 0.6 is 34.8 Å². The summed E-state index contributed by atoms with van der Waals surface area (Å²) in [5.74, 6) is -7.08. The van der Waals surface area contributed by atoms with Crippen LogP contribution in [0.1, 0.15) is 44.1 Å². The second kappa shape index (κ2) is 11.7. The van der Waals surface area contributed by atoms with Gasteiger partial charge in [0, 0.05) is 30.0 Å². The summed E-state index contributed by atoms with van der Waals surface area (Å²) in [6, 6.07) is 10.4. The average molecular weight is 669 g/mol. The van der Waals surface area contributed by atoms with Gasteiger partial charge in [0.2, 0.25) is 11.7 Å². The van der Waals surface area contributed by atoms with Gasteiger partial charge in [0.15, 0.2) is 5.78 Å². The number of carbonyl (C=O) groups is 3. The molecule has 1 aliphatic rings. The maximum absolute atomic E-state index is 13.7. The van der Waals surface area contributed by atoms with E-state index < -0.39 is 63.8 Å². The first-order valence-corrected chi connectivity index (χ1v) is 13.5. The van der Waals surface area contributed by atoms with Crippen LogP contribution in [0.3, 0.4) is 0 Å². The van der Waals surface area contributed by atoms with Gasteiger partial charge < -0.3 is 5.32 Å². The Bertz CT molecular complexity index is 1620. The van der Waals surface area contributed by atoms with Crippen LogP contribution in [-0.2, 0) is 28.6 Å². The van der Waals surface area contributed by atoms with Crippen molar-refractivity contribution in [2.45, 2.75) is 42.4 Å². The van der Waals surface area contributed by atoms with E-state index in [-0.39, 0.29) is 33.8 Å². The molecule has 14 heteroatoms. The Morgan fingerprint density at radius 2 is 1.53 bits per heavy atom. The second-order valence-electron chi connectivity index (χ2n) is 9.95. The molecule has 0 radical (unpaired) electrons. The minimum absolute atomic E-state index is 0.00313. The Morgan fingerprint density at radius 3 is 2.14 bits per heavy atom. The Kier molecular flexibility index (Phi) is 8.94. The molecule has 1 saturated carbocycles. The number of Topliss-reactive ketones (excluding diaryl/α,β-unsaturated/α-hetero) is 2. The van der Waals surface area contributed by atoms with Gasteiger partial charge in [0.25, 0.3) is 0 Å². The molecule has 1 amide bonds. The summed E-state index contributed by atoms with van der Waals surface area (Å²) in [5, 5.41) is 2.50. The molecule has 4 nitrogen and oxygen atoms in total. The molecule has 0 saturated heterocycles. The molecule has 0 bridgehead atoms. The van der Waals surface area contributed by atoms with Crippen LogP contribution in [0.15, 0.2) is 54.6 Å². The number of hydrogen-bond donors (Lipinski definition) is 1. The molecule has 4 rings (SSSR count). The van der Waals surface area contributed by atoms with E-state index in [9.17, 15) is 45.1 Å². The van der Waals surface area contributed by atoms with Crippen molar-refractivity contribution < 1.29 is 45.1 Å². The van der Waals surface area contributed by atoms with Gasteiger partial charge in [0.1, 0.15) is 10.2 Å². The monoisotopic (exact) mass is 667 g/mol. The summed E-state index contributed by atoms with van der Waals surface area (Å²) >= 11 is 18.7. The topological polar surface area (TPSA) is 63.2 Å². The van der Waals surface area contributed by atoms with Crippen molar-refractivity contribution in [3.63, 3.8) is 0 Å². The highest BCUT2D eigenvalue weighted by Gasteiger charge is 2.67. The molecular formula is C29H19Cl3F7NO3. The van der Waals surface area contributed by atoms with E-state index in [4.69, 9.17) is 34.8 Å². The smallest absolute Gasteiger partial charge is 0.326 e. The van der Waals surface area contributed by atoms with Crippen LogP contribution in [0.2, 0.25) is 5.02 Å². The standard InChI is InChI=1S/C29H19Cl3F7NO3/c1-13-14(3-2-4-15(13)11-23(42)29(37,38)39)10-22(41)18-12-17(6-7-20(18)30)40-26(43)25-24(27(25,31)32)16-5-8-21(33)19(9-16)28(34,35)36/h2-9,12,24-25H,10-11H2,1H3,(H,40,43)/t24-,25+/m0/s1. The minimum atomic E-state index is -5.01. The number of ketones is 2. The Balaban J connectivity index is 1.51. The van der Waals surface area contributed by atoms with Crippen LogP contribution in [0.5, 0.6) is 0 Å². The zero-order valence-corrected chi connectivity index (χ0v) is 24.0. The molecule has 1 aliphatic carbocycles. The van der Waals surface area contributed by atoms with Crippen LogP contribution in [0.25, 0.3) is 0 Å². The van der Waals surface area contributed by atoms with Gasteiger partial charge in [-0.25, -0.2) is 4.39 Å². The molecule has 0 unspecified atom stereocenters. The van der Waals surface area contributed by atoms with Gasteiger partial charge >= 0.3 is 12.4 Å². The summed E-state index contributed by atoms with van der Waals surface area (Å²) in [5.41, 5.74) is -0.815. The van der Waals surface area contributed by atoms with Crippen LogP contribution < -0.4 is 5.32 Å². The number of nitrogens with one attached hydrogen (secondary N) is 1. The summed E-state index contributed by atoms with van der Waals surface area (Å²) in [7, 11) is 0. The fourth-order valence-electron chi connectivity index (χ4n) is 4.72. The van der Waals surface area contributed by atoms with Crippen molar-refractivity contribution in [1.29, 1.82) is 0 Å². The largest absolute Gasteiger partial charge is 0.450 e. The summed E-state index contributed by atoms with van der Waals surface area (Å²) in [4.78, 5) is 37.6. The maximum atomic E-state index is 13.7. The molecule has 2 atom stereocenters. The number of alkyl halides is 8. The Hall–Kier alpha value is -3.15. The number of benzene rings is 3. The van der Waals surface area contributed by atoms with Gasteiger partial charge in [-0.05, 0) is 59.5 Å². The summed E-state index contributed by atoms with van der Waals surface area (Å²) < 4.78 is 89.7. The molecular weight excluding hydrogens is 650 g/mol. The molecule has 0 aliphatic heterocycles. The quantitative estimate of drug-likeness (QED) is 0.149. The summed E-state index contributed by atoms with van der Waals surface area (Å²) in [6.07, 6.45) is -11.2. The lowest BCUT2D eigenvalue weighted by Gasteiger charge is -2.13. The van der Waals surface area contributed by atoms with E-state index in [2.05, 4.69) is 5.32 Å². The number of anilines is 1. The van der Waals surface area contributed by atoms with Crippen LogP contribution in [0, 0.1) is 18.7 Å². The highest BCUT2D eigenvalue weighted by atomic mass is 35.5. The van der Waals surface area contributed by atoms with Crippen molar-refractivity contribution in [2.24, 2.45) is 5.92 Å². The third-order valence-electron chi connectivity index (χ3n) is 7.10. The molecule has 0 heterocycles. The minimum Gasteiger partial charge on any atom is -0.326 e. The van der Waals surface area contributed by atoms with Crippen molar-refractivity contribution in [3.8, 4) is 0 Å². The summed E-state index contributed by atoms with van der Waals surface area (Å²) in [6.45, 7) is 1.48. The van der Waals surface area contributed by atoms with Crippen LogP contribution in [-0.4, -0.2) is 28.0 Å². The Morgan fingerprint density at radius 1 is 0.907 bits per heavy atom. The maximum Gasteiger partial charge on any atom is 0.450 e. The van der Waals surface area contributed by atoms with Gasteiger partial charge in [-0.1, -0.05) is 35.9 Å². The lowest BCUT2D eigenvalue weighted by Crippen LogP contribution is -2.25. The highest BCUT2D eigenvalue weighted by Crippen LogP contribution is 2.65. The average Bonchev–Trinajstić information content (AvgIpc) is 3.48. The fraction of sp³-hybridized carbons (Fsp3) is 0.276. The number of hydrogen-bond acceptors (Lipinski definition) is 3. The third kappa shape index (κ3) is 6.99. The lowest BCUT2D eigenvalue weighted by molar-refractivity contribution is -0.170. The molecule has 3 aromatic rings. The molecule has 1 fully saturated rings. The van der Waals surface area contributed by atoms with Crippen molar-refractivity contribution in [3.05, 3.63) is 98.8 Å². The zero-order chi connectivity index (χ0) is 32.1. The first kappa shape index (κ1) is 32.8. The van der Waals surface area contributed by atoms with E-state index >= 15 is 0 Å². The number of halogens is 10. The number of amides is 1.